The van der Waals surface area contributed by atoms with Gasteiger partial charge in [-0.25, -0.2) is 0 Å². The van der Waals surface area contributed by atoms with Crippen molar-refractivity contribution in [2.75, 3.05) is 0 Å². The molecule has 0 atom stereocenters. The molecule has 0 radical (unpaired) electrons. The summed E-state index contributed by atoms with van der Waals surface area (Å²) in [5, 5.41) is 0. The molecular formula is C3H11NaSi. The minimum absolute atomic E-state index is 0. The Bertz CT molecular complexity index is 11.6. The molecule has 0 aliphatic heterocycles. The van der Waals surface area contributed by atoms with E-state index in [2.05, 4.69) is 13.8 Å². The van der Waals surface area contributed by atoms with Crippen LogP contribution in [0.3, 0.4) is 0 Å². The van der Waals surface area contributed by atoms with Crippen LogP contribution >= 0.6 is 0 Å². The third-order valence-corrected chi connectivity index (χ3v) is 0. The molecule has 0 nitrogen and oxygen atoms in total. The van der Waals surface area contributed by atoms with Crippen LogP contribution in [0.4, 0.5) is 0 Å². The predicted octanol–water partition coefficient (Wildman–Crippen LogP) is -0.468. The van der Waals surface area contributed by atoms with E-state index in [9.17, 15) is 0 Å². The molecule has 0 fully saturated rings. The molecule has 0 saturated heterocycles. The monoisotopic (exact) mass is 98.1 g/mol. The summed E-state index contributed by atoms with van der Waals surface area (Å²) in [6.45, 7) is 4.46. The topological polar surface area (TPSA) is 0 Å². The summed E-state index contributed by atoms with van der Waals surface area (Å²) in [5.41, 5.74) is 0.972. The van der Waals surface area contributed by atoms with E-state index in [-0.39, 0.29) is 29.6 Å². The van der Waals surface area contributed by atoms with E-state index >= 15 is 0 Å². The molecule has 0 aliphatic carbocycles. The second kappa shape index (κ2) is 5.22. The van der Waals surface area contributed by atoms with Crippen LogP contribution in [-0.2, 0) is 0 Å². The maximum atomic E-state index is 2.23. The van der Waals surface area contributed by atoms with Crippen molar-refractivity contribution < 1.29 is 0 Å². The second-order valence-corrected chi connectivity index (χ2v) is 4.04. The Morgan fingerprint density at radius 3 is 1.40 bits per heavy atom. The second-order valence-electron chi connectivity index (χ2n) is 1.73. The number of hydrogen-bond donors (Lipinski definition) is 0. The van der Waals surface area contributed by atoms with Gasteiger partial charge < -0.3 is 0 Å². The van der Waals surface area contributed by atoms with Crippen LogP contribution in [-0.4, -0.2) is 39.8 Å². The quantitative estimate of drug-likeness (QED) is 0.359. The summed E-state index contributed by atoms with van der Waals surface area (Å²) in [7, 11) is 1.35. The van der Waals surface area contributed by atoms with Gasteiger partial charge >= 0.3 is 29.6 Å². The maximum absolute atomic E-state index is 2.23. The zero-order chi connectivity index (χ0) is 3.58. The van der Waals surface area contributed by atoms with Crippen LogP contribution < -0.4 is 0 Å². The van der Waals surface area contributed by atoms with Crippen molar-refractivity contribution in [3.8, 4) is 0 Å². The molecule has 0 heterocycles. The fourth-order valence-corrected chi connectivity index (χ4v) is 0. The molecule has 2 heteroatoms. The van der Waals surface area contributed by atoms with Gasteiger partial charge in [-0.2, -0.15) is 0 Å². The van der Waals surface area contributed by atoms with E-state index < -0.39 is 0 Å². The zero-order valence-corrected chi connectivity index (χ0v) is 5.58. The normalized spacial score (nSPS) is 7.80. The summed E-state index contributed by atoms with van der Waals surface area (Å²) >= 11 is 0. The van der Waals surface area contributed by atoms with Crippen molar-refractivity contribution >= 4 is 39.8 Å². The molecule has 0 saturated carbocycles. The molecule has 0 bridgehead atoms. The Morgan fingerprint density at radius 1 is 1.40 bits per heavy atom. The van der Waals surface area contributed by atoms with Gasteiger partial charge in [0, 0.05) is 10.2 Å². The number of hydrogen-bond acceptors (Lipinski definition) is 0. The molecule has 0 aromatic carbocycles. The Labute approximate surface area is 59.1 Å². The van der Waals surface area contributed by atoms with Crippen molar-refractivity contribution in [2.45, 2.75) is 19.4 Å². The predicted molar refractivity (Wildman–Crippen MR) is 32.2 cm³/mol. The molecule has 0 N–H and O–H groups in total. The van der Waals surface area contributed by atoms with Crippen LogP contribution in [0.2, 0.25) is 5.54 Å². The summed E-state index contributed by atoms with van der Waals surface area (Å²) in [5.74, 6) is 0. The van der Waals surface area contributed by atoms with Crippen molar-refractivity contribution in [1.82, 2.24) is 0 Å². The van der Waals surface area contributed by atoms with Gasteiger partial charge in [-0.1, -0.05) is 19.4 Å². The first-order valence-electron chi connectivity index (χ1n) is 1.73. The first-order valence-corrected chi connectivity index (χ1v) is 2.89. The summed E-state index contributed by atoms with van der Waals surface area (Å²) < 4.78 is 0. The SMILES string of the molecule is CC(C)[SiH3].[NaH]. The van der Waals surface area contributed by atoms with Gasteiger partial charge in [-0.3, -0.25) is 0 Å². The van der Waals surface area contributed by atoms with E-state index in [0.29, 0.717) is 0 Å². The van der Waals surface area contributed by atoms with Gasteiger partial charge in [-0.15, -0.1) is 0 Å². The molecule has 28 valence electrons. The Kier molecular flexibility index (Phi) is 9.93. The first-order chi connectivity index (χ1) is 1.73. The van der Waals surface area contributed by atoms with Crippen LogP contribution in [0.1, 0.15) is 13.8 Å². The molecule has 0 amide bonds. The number of rotatable bonds is 0. The van der Waals surface area contributed by atoms with Gasteiger partial charge in [0.05, 0.1) is 0 Å². The average molecular weight is 98.2 g/mol. The van der Waals surface area contributed by atoms with E-state index in [4.69, 9.17) is 0 Å². The van der Waals surface area contributed by atoms with Crippen molar-refractivity contribution in [2.24, 2.45) is 0 Å². The van der Waals surface area contributed by atoms with E-state index in [1.54, 1.807) is 0 Å². The minimum atomic E-state index is 0. The van der Waals surface area contributed by atoms with Gasteiger partial charge in [0.15, 0.2) is 0 Å². The third-order valence-electron chi connectivity index (χ3n) is 0. The van der Waals surface area contributed by atoms with Crippen LogP contribution in [0.15, 0.2) is 0 Å². The van der Waals surface area contributed by atoms with E-state index in [1.807, 2.05) is 0 Å². The van der Waals surface area contributed by atoms with E-state index in [1.165, 1.54) is 10.2 Å². The molecule has 0 aliphatic rings. The van der Waals surface area contributed by atoms with Crippen molar-refractivity contribution in [3.05, 3.63) is 0 Å². The van der Waals surface area contributed by atoms with Crippen molar-refractivity contribution in [1.29, 1.82) is 0 Å². The van der Waals surface area contributed by atoms with Crippen molar-refractivity contribution in [3.63, 3.8) is 0 Å². The standard InChI is InChI=1S/C3H10Si.Na.H/c1-3(2)4;;/h3H,1-2,4H3;;. The van der Waals surface area contributed by atoms with Gasteiger partial charge in [0.25, 0.3) is 0 Å². The molecule has 0 spiro atoms. The fourth-order valence-electron chi connectivity index (χ4n) is 0. The van der Waals surface area contributed by atoms with E-state index in [0.717, 1.165) is 5.54 Å². The Balaban J connectivity index is 0. The zero-order valence-electron chi connectivity index (χ0n) is 3.58. The summed E-state index contributed by atoms with van der Waals surface area (Å²) in [6.07, 6.45) is 0. The molecule has 5 heavy (non-hydrogen) atoms. The summed E-state index contributed by atoms with van der Waals surface area (Å²) in [4.78, 5) is 0. The summed E-state index contributed by atoms with van der Waals surface area (Å²) in [6, 6.07) is 0. The molecular weight excluding hydrogens is 87.1 g/mol. The molecule has 0 unspecified atom stereocenters. The van der Waals surface area contributed by atoms with Crippen LogP contribution in [0.5, 0.6) is 0 Å². The van der Waals surface area contributed by atoms with Crippen LogP contribution in [0, 0.1) is 0 Å². The first kappa shape index (κ1) is 9.52. The Hall–Kier alpha value is 1.22. The third kappa shape index (κ3) is 36.5. The van der Waals surface area contributed by atoms with Gasteiger partial charge in [0.2, 0.25) is 0 Å². The fraction of sp³-hybridized carbons (Fsp3) is 1.00. The molecule has 0 aromatic heterocycles. The molecule has 0 aromatic rings. The van der Waals surface area contributed by atoms with Gasteiger partial charge in [0.1, 0.15) is 0 Å². The average Bonchev–Trinajstić information content (AvgIpc) is 0.811. The molecule has 0 rings (SSSR count). The van der Waals surface area contributed by atoms with Gasteiger partial charge in [-0.05, 0) is 0 Å². The Morgan fingerprint density at radius 2 is 1.40 bits per heavy atom. The van der Waals surface area contributed by atoms with Crippen LogP contribution in [0.25, 0.3) is 0 Å².